The monoisotopic (exact) mass is 273 g/mol. The van der Waals surface area contributed by atoms with Gasteiger partial charge in [0.25, 0.3) is 5.91 Å². The number of nitrogens with zero attached hydrogens (tertiary/aromatic N) is 2. The number of rotatable bonds is 1. The van der Waals surface area contributed by atoms with Crippen molar-refractivity contribution in [1.82, 2.24) is 9.88 Å². The first kappa shape index (κ1) is 13.4. The summed E-state index contributed by atoms with van der Waals surface area (Å²) in [6, 6.07) is 3.83. The molecule has 2 heterocycles. The van der Waals surface area contributed by atoms with E-state index in [2.05, 4.69) is 25.8 Å². The Hall–Kier alpha value is -1.58. The average molecular weight is 273 g/mol. The van der Waals surface area contributed by atoms with Crippen LogP contribution < -0.4 is 5.73 Å². The summed E-state index contributed by atoms with van der Waals surface area (Å²) in [5, 5.41) is 0. The van der Waals surface area contributed by atoms with Crippen molar-refractivity contribution >= 4 is 11.6 Å². The number of anilines is 1. The maximum Gasteiger partial charge on any atom is 0.272 e. The van der Waals surface area contributed by atoms with Gasteiger partial charge in [-0.2, -0.15) is 0 Å². The number of aromatic nitrogens is 1. The number of pyridine rings is 1. The molecule has 2 aliphatic rings. The highest BCUT2D eigenvalue weighted by atomic mass is 16.2. The van der Waals surface area contributed by atoms with E-state index in [4.69, 9.17) is 5.73 Å². The normalized spacial score (nSPS) is 31.4. The van der Waals surface area contributed by atoms with Crippen LogP contribution in [0.2, 0.25) is 0 Å². The summed E-state index contributed by atoms with van der Waals surface area (Å²) in [5.41, 5.74) is 7.32. The lowest BCUT2D eigenvalue weighted by molar-refractivity contribution is 0.0702. The number of hydrogen-bond donors (Lipinski definition) is 1. The highest BCUT2D eigenvalue weighted by Crippen LogP contribution is 2.52. The number of nitrogens with two attached hydrogens (primary N) is 1. The molecule has 2 atom stereocenters. The van der Waals surface area contributed by atoms with Gasteiger partial charge in [0.15, 0.2) is 0 Å². The minimum atomic E-state index is 0.0522. The summed E-state index contributed by atoms with van der Waals surface area (Å²) in [4.78, 5) is 18.9. The van der Waals surface area contributed by atoms with Crippen LogP contribution in [-0.4, -0.2) is 28.4 Å². The number of likely N-dealkylation sites (tertiary alicyclic amines) is 1. The van der Waals surface area contributed by atoms with Crippen LogP contribution in [0.15, 0.2) is 18.3 Å². The second kappa shape index (κ2) is 4.21. The van der Waals surface area contributed by atoms with Gasteiger partial charge < -0.3 is 10.6 Å². The van der Waals surface area contributed by atoms with Crippen LogP contribution in [-0.2, 0) is 0 Å². The van der Waals surface area contributed by atoms with Gasteiger partial charge in [0.1, 0.15) is 5.69 Å². The summed E-state index contributed by atoms with van der Waals surface area (Å²) in [7, 11) is 0. The molecule has 20 heavy (non-hydrogen) atoms. The van der Waals surface area contributed by atoms with Crippen LogP contribution in [0.25, 0.3) is 0 Å². The van der Waals surface area contributed by atoms with Crippen LogP contribution in [0.3, 0.4) is 0 Å². The highest BCUT2D eigenvalue weighted by molar-refractivity contribution is 5.93. The second-order valence-corrected chi connectivity index (χ2v) is 7.62. The lowest BCUT2D eigenvalue weighted by Crippen LogP contribution is -2.38. The molecule has 1 aromatic heterocycles. The average Bonchev–Trinajstić information content (AvgIpc) is 2.58. The van der Waals surface area contributed by atoms with Crippen molar-refractivity contribution < 1.29 is 4.79 Å². The summed E-state index contributed by atoms with van der Waals surface area (Å²) in [6.45, 7) is 7.79. The minimum Gasteiger partial charge on any atom is -0.397 e. The smallest absolute Gasteiger partial charge is 0.272 e. The number of fused-ring (bicyclic) bond motifs is 2. The Morgan fingerprint density at radius 2 is 2.10 bits per heavy atom. The molecule has 3 rings (SSSR count). The molecule has 2 unspecified atom stereocenters. The Morgan fingerprint density at radius 1 is 1.35 bits per heavy atom. The summed E-state index contributed by atoms with van der Waals surface area (Å²) in [5.74, 6) is 0.0522. The molecule has 1 aliphatic heterocycles. The van der Waals surface area contributed by atoms with Crippen molar-refractivity contribution in [3.8, 4) is 0 Å². The number of carbonyl (C=O) groups is 1. The van der Waals surface area contributed by atoms with E-state index in [1.165, 1.54) is 6.42 Å². The van der Waals surface area contributed by atoms with E-state index in [0.717, 1.165) is 19.4 Å². The fourth-order valence-electron chi connectivity index (χ4n) is 4.38. The summed E-state index contributed by atoms with van der Waals surface area (Å²) >= 11 is 0. The van der Waals surface area contributed by atoms with Crippen LogP contribution in [0.1, 0.15) is 50.5 Å². The zero-order valence-corrected chi connectivity index (χ0v) is 12.5. The van der Waals surface area contributed by atoms with Gasteiger partial charge in [0, 0.05) is 12.6 Å². The molecule has 1 saturated carbocycles. The van der Waals surface area contributed by atoms with E-state index in [1.807, 2.05) is 4.90 Å². The zero-order chi connectivity index (χ0) is 14.5. The Balaban J connectivity index is 1.85. The third-order valence-corrected chi connectivity index (χ3v) is 4.68. The molecule has 2 N–H and O–H groups in total. The van der Waals surface area contributed by atoms with E-state index < -0.39 is 0 Å². The maximum atomic E-state index is 12.7. The first-order valence-electron chi connectivity index (χ1n) is 7.31. The van der Waals surface area contributed by atoms with Gasteiger partial charge in [0.2, 0.25) is 0 Å². The van der Waals surface area contributed by atoms with Crippen molar-refractivity contribution in [3.05, 3.63) is 24.0 Å². The Bertz CT molecular complexity index is 537. The number of nitrogen functional groups attached to an aromatic ring is 1. The van der Waals surface area contributed by atoms with Crippen molar-refractivity contribution in [2.45, 2.75) is 46.1 Å². The van der Waals surface area contributed by atoms with E-state index in [-0.39, 0.29) is 11.3 Å². The van der Waals surface area contributed by atoms with E-state index >= 15 is 0 Å². The quantitative estimate of drug-likeness (QED) is 0.856. The number of hydrogen-bond acceptors (Lipinski definition) is 3. The fraction of sp³-hybridized carbons (Fsp3) is 0.625. The SMILES string of the molecule is CC1(C)CC2CC(C)(CN2C(=O)c2ccc(N)cn2)C1. The molecule has 0 spiro atoms. The number of carbonyl (C=O) groups excluding carboxylic acids is 1. The first-order valence-corrected chi connectivity index (χ1v) is 7.31. The van der Waals surface area contributed by atoms with Crippen molar-refractivity contribution in [3.63, 3.8) is 0 Å². The van der Waals surface area contributed by atoms with Crippen molar-refractivity contribution in [1.29, 1.82) is 0 Å². The Labute approximate surface area is 120 Å². The molecule has 4 heteroatoms. The molecule has 108 valence electrons. The number of amides is 1. The zero-order valence-electron chi connectivity index (χ0n) is 12.5. The lowest BCUT2D eigenvalue weighted by atomic mass is 9.65. The molecule has 0 aromatic carbocycles. The van der Waals surface area contributed by atoms with E-state index in [1.54, 1.807) is 18.3 Å². The Kier molecular flexibility index (Phi) is 2.82. The topological polar surface area (TPSA) is 59.2 Å². The first-order chi connectivity index (χ1) is 9.28. The van der Waals surface area contributed by atoms with Gasteiger partial charge in [-0.3, -0.25) is 4.79 Å². The van der Waals surface area contributed by atoms with Gasteiger partial charge in [-0.25, -0.2) is 4.98 Å². The molecular weight excluding hydrogens is 250 g/mol. The molecule has 1 aliphatic carbocycles. The summed E-state index contributed by atoms with van der Waals surface area (Å²) < 4.78 is 0. The second-order valence-electron chi connectivity index (χ2n) is 7.62. The predicted octanol–water partition coefficient (Wildman–Crippen LogP) is 2.70. The van der Waals surface area contributed by atoms with Crippen LogP contribution in [0.4, 0.5) is 5.69 Å². The third kappa shape index (κ3) is 2.28. The molecule has 2 fully saturated rings. The third-order valence-electron chi connectivity index (χ3n) is 4.68. The largest absolute Gasteiger partial charge is 0.397 e. The molecule has 1 aromatic rings. The minimum absolute atomic E-state index is 0.0522. The molecule has 1 amide bonds. The van der Waals surface area contributed by atoms with Crippen molar-refractivity contribution in [2.24, 2.45) is 10.8 Å². The standard InChI is InChI=1S/C16H23N3O/c1-15(2)6-12-7-16(3,9-15)10-19(12)14(20)13-5-4-11(17)8-18-13/h4-5,8,12H,6-7,9-10,17H2,1-3H3. The molecule has 4 nitrogen and oxygen atoms in total. The van der Waals surface area contributed by atoms with Crippen molar-refractivity contribution in [2.75, 3.05) is 12.3 Å². The maximum absolute atomic E-state index is 12.7. The van der Waals surface area contributed by atoms with Gasteiger partial charge in [-0.15, -0.1) is 0 Å². The molecular formula is C16H23N3O. The van der Waals surface area contributed by atoms with E-state index in [9.17, 15) is 4.79 Å². The van der Waals surface area contributed by atoms with E-state index in [0.29, 0.717) is 22.8 Å². The van der Waals surface area contributed by atoms with Gasteiger partial charge in [-0.1, -0.05) is 20.8 Å². The molecule has 2 bridgehead atoms. The van der Waals surface area contributed by atoms with Crippen LogP contribution in [0, 0.1) is 10.8 Å². The summed E-state index contributed by atoms with van der Waals surface area (Å²) in [6.07, 6.45) is 4.96. The molecule has 1 saturated heterocycles. The van der Waals surface area contributed by atoms with Gasteiger partial charge in [0.05, 0.1) is 11.9 Å². The lowest BCUT2D eigenvalue weighted by Gasteiger charge is -2.39. The van der Waals surface area contributed by atoms with Crippen LogP contribution in [0.5, 0.6) is 0 Å². The predicted molar refractivity (Wildman–Crippen MR) is 79.2 cm³/mol. The van der Waals surface area contributed by atoms with Gasteiger partial charge >= 0.3 is 0 Å². The van der Waals surface area contributed by atoms with Crippen LogP contribution >= 0.6 is 0 Å². The fourth-order valence-corrected chi connectivity index (χ4v) is 4.38. The van der Waals surface area contributed by atoms with Gasteiger partial charge in [-0.05, 0) is 42.2 Å². The Morgan fingerprint density at radius 3 is 2.75 bits per heavy atom. The molecule has 0 radical (unpaired) electrons. The highest BCUT2D eigenvalue weighted by Gasteiger charge is 2.51.